The molecule has 2 atom stereocenters. The molecule has 1 aromatic rings. The lowest BCUT2D eigenvalue weighted by molar-refractivity contribution is 0.0949. The summed E-state index contributed by atoms with van der Waals surface area (Å²) in [5.41, 5.74) is 5.88. The van der Waals surface area contributed by atoms with Gasteiger partial charge in [-0.05, 0) is 36.0 Å². The maximum absolute atomic E-state index is 6.97. The van der Waals surface area contributed by atoms with Gasteiger partial charge in [-0.25, -0.2) is 0 Å². The molecule has 3 heteroatoms. The molecule has 166 valence electrons. The molecule has 0 saturated carbocycles. The Kier molecular flexibility index (Phi) is 9.61. The molecule has 30 heavy (non-hydrogen) atoms. The highest BCUT2D eigenvalue weighted by Crippen LogP contribution is 2.40. The second-order valence-electron chi connectivity index (χ2n) is 11.2. The van der Waals surface area contributed by atoms with Crippen LogP contribution in [-0.2, 0) is 4.43 Å². The lowest BCUT2D eigenvalue weighted by Crippen LogP contribution is -2.47. The third-order valence-electron chi connectivity index (χ3n) is 5.79. The summed E-state index contributed by atoms with van der Waals surface area (Å²) in [6, 6.07) is 10.6. The third-order valence-corrected chi connectivity index (χ3v) is 11.1. The smallest absolute Gasteiger partial charge is 0.192 e. The Balaban J connectivity index is 3.49. The van der Waals surface area contributed by atoms with Crippen LogP contribution in [0.5, 0.6) is 0 Å². The lowest BCUT2D eigenvalue weighted by Gasteiger charge is -2.42. The number of hydrogen-bond acceptors (Lipinski definition) is 1. The van der Waals surface area contributed by atoms with E-state index in [0.29, 0.717) is 5.92 Å². The van der Waals surface area contributed by atoms with Crippen molar-refractivity contribution in [2.24, 2.45) is 11.8 Å². The molecule has 0 aliphatic heterocycles. The molecular formula is C27H44OSi2. The minimum atomic E-state index is -1.89. The van der Waals surface area contributed by atoms with Gasteiger partial charge in [-0.1, -0.05) is 103 Å². The van der Waals surface area contributed by atoms with E-state index in [9.17, 15) is 0 Å². The highest BCUT2D eigenvalue weighted by molar-refractivity contribution is 6.84. The third kappa shape index (κ3) is 8.42. The van der Waals surface area contributed by atoms with E-state index in [4.69, 9.17) is 4.43 Å². The van der Waals surface area contributed by atoms with Crippen molar-refractivity contribution in [2.45, 2.75) is 84.9 Å². The van der Waals surface area contributed by atoms with E-state index in [0.717, 1.165) is 12.0 Å². The van der Waals surface area contributed by atoms with Gasteiger partial charge in [-0.2, -0.15) is 0 Å². The molecule has 0 heterocycles. The van der Waals surface area contributed by atoms with Crippen LogP contribution >= 0.6 is 0 Å². The van der Waals surface area contributed by atoms with Crippen molar-refractivity contribution in [3.05, 3.63) is 54.6 Å². The Hall–Kier alpha value is -1.35. The van der Waals surface area contributed by atoms with Crippen molar-refractivity contribution in [3.63, 3.8) is 0 Å². The van der Waals surface area contributed by atoms with Gasteiger partial charge in [-0.3, -0.25) is 0 Å². The average Bonchev–Trinajstić information content (AvgIpc) is 2.61. The first-order chi connectivity index (χ1) is 13.7. The summed E-state index contributed by atoms with van der Waals surface area (Å²) in [4.78, 5) is 0. The number of benzene rings is 1. The van der Waals surface area contributed by atoms with Crippen LogP contribution in [-0.4, -0.2) is 22.5 Å². The minimum absolute atomic E-state index is 0.149. The molecule has 0 spiro atoms. The summed E-state index contributed by atoms with van der Waals surface area (Å²) in [5.74, 6) is 4.22. The fourth-order valence-electron chi connectivity index (χ4n) is 3.02. The van der Waals surface area contributed by atoms with E-state index in [1.165, 1.54) is 5.56 Å². The van der Waals surface area contributed by atoms with Crippen molar-refractivity contribution in [1.29, 1.82) is 0 Å². The van der Waals surface area contributed by atoms with Crippen molar-refractivity contribution < 1.29 is 4.43 Å². The van der Waals surface area contributed by atoms with Gasteiger partial charge in [-0.15, -0.1) is 12.1 Å². The molecule has 0 aliphatic carbocycles. The Morgan fingerprint density at radius 3 is 2.07 bits per heavy atom. The summed E-state index contributed by atoms with van der Waals surface area (Å²) in [5, 5.41) is 0.183. The van der Waals surface area contributed by atoms with Gasteiger partial charge in [0.2, 0.25) is 0 Å². The average molecular weight is 441 g/mol. The molecule has 0 fully saturated rings. The molecule has 1 aromatic carbocycles. The zero-order valence-electron chi connectivity index (χ0n) is 21.1. The van der Waals surface area contributed by atoms with Gasteiger partial charge in [0, 0.05) is 11.5 Å². The van der Waals surface area contributed by atoms with Gasteiger partial charge < -0.3 is 4.43 Å². The monoisotopic (exact) mass is 440 g/mol. The predicted octanol–water partition coefficient (Wildman–Crippen LogP) is 8.19. The van der Waals surface area contributed by atoms with Gasteiger partial charge >= 0.3 is 0 Å². The predicted molar refractivity (Wildman–Crippen MR) is 141 cm³/mol. The van der Waals surface area contributed by atoms with Crippen molar-refractivity contribution >= 4 is 22.0 Å². The van der Waals surface area contributed by atoms with E-state index < -0.39 is 16.4 Å². The van der Waals surface area contributed by atoms with Crippen LogP contribution in [0.2, 0.25) is 37.8 Å². The largest absolute Gasteiger partial charge is 0.413 e. The molecule has 0 radical (unpaired) electrons. The van der Waals surface area contributed by atoms with Gasteiger partial charge in [0.15, 0.2) is 8.32 Å². The maximum Gasteiger partial charge on any atom is 0.192 e. The van der Waals surface area contributed by atoms with E-state index >= 15 is 0 Å². The molecule has 0 amide bonds. The zero-order valence-corrected chi connectivity index (χ0v) is 23.1. The minimum Gasteiger partial charge on any atom is -0.413 e. The van der Waals surface area contributed by atoms with E-state index in [2.05, 4.69) is 122 Å². The van der Waals surface area contributed by atoms with Crippen LogP contribution in [0.4, 0.5) is 0 Å². The molecule has 1 rings (SSSR count). The molecule has 0 aliphatic rings. The molecule has 0 saturated heterocycles. The fraction of sp³-hybridized carbons (Fsp3) is 0.556. The van der Waals surface area contributed by atoms with Crippen LogP contribution in [0.25, 0.3) is 5.57 Å². The topological polar surface area (TPSA) is 9.23 Å². The highest BCUT2D eigenvalue weighted by atomic mass is 28.4. The van der Waals surface area contributed by atoms with E-state index in [1.54, 1.807) is 0 Å². The summed E-state index contributed by atoms with van der Waals surface area (Å²) in [7, 11) is -3.38. The van der Waals surface area contributed by atoms with Crippen LogP contribution in [0.15, 0.2) is 49.1 Å². The van der Waals surface area contributed by atoms with Crippen LogP contribution < -0.4 is 0 Å². The quantitative estimate of drug-likeness (QED) is 0.225. The molecule has 0 N–H and O–H groups in total. The summed E-state index contributed by atoms with van der Waals surface area (Å²) in [6.07, 6.45) is 5.43. The second-order valence-corrected chi connectivity index (χ2v) is 20.7. The Labute approximate surface area is 189 Å². The molecule has 0 bridgehead atoms. The van der Waals surface area contributed by atoms with Crippen molar-refractivity contribution in [1.82, 2.24) is 0 Å². The Morgan fingerprint density at radius 2 is 1.63 bits per heavy atom. The first-order valence-corrected chi connectivity index (χ1v) is 17.7. The van der Waals surface area contributed by atoms with E-state index in [-0.39, 0.29) is 17.1 Å². The number of hydrogen-bond donors (Lipinski definition) is 0. The van der Waals surface area contributed by atoms with Gasteiger partial charge in [0.05, 0.1) is 6.10 Å². The lowest BCUT2D eigenvalue weighted by atomic mass is 9.88. The van der Waals surface area contributed by atoms with Crippen LogP contribution in [0.3, 0.4) is 0 Å². The summed E-state index contributed by atoms with van der Waals surface area (Å²) >= 11 is 0. The Bertz CT molecular complexity index is 765. The molecule has 0 unspecified atom stereocenters. The summed E-state index contributed by atoms with van der Waals surface area (Å²) < 4.78 is 6.97. The fourth-order valence-corrected chi connectivity index (χ4v) is 5.01. The number of rotatable bonds is 8. The molecule has 0 aromatic heterocycles. The van der Waals surface area contributed by atoms with E-state index in [1.807, 2.05) is 6.08 Å². The zero-order chi connectivity index (χ0) is 23.2. The maximum atomic E-state index is 6.97. The number of allylic oxidation sites excluding steroid dienone is 2. The molecular weight excluding hydrogens is 396 g/mol. The van der Waals surface area contributed by atoms with Gasteiger partial charge in [0.25, 0.3) is 0 Å². The SMILES string of the molecule is C=CC[C@H](/C=C(/C#C[Si](C)(C)C)c1ccccc1)[C@@H](O[Si](C)(C)C(C)(C)C)C(C)C. The molecule has 1 nitrogen and oxygen atoms in total. The first kappa shape index (κ1) is 26.7. The summed E-state index contributed by atoms with van der Waals surface area (Å²) in [6.45, 7) is 27.1. The first-order valence-electron chi connectivity index (χ1n) is 11.3. The van der Waals surface area contributed by atoms with Crippen molar-refractivity contribution in [3.8, 4) is 11.5 Å². The van der Waals surface area contributed by atoms with Crippen molar-refractivity contribution in [2.75, 3.05) is 0 Å². The van der Waals surface area contributed by atoms with Crippen LogP contribution in [0.1, 0.15) is 46.6 Å². The second kappa shape index (κ2) is 10.8. The van der Waals surface area contributed by atoms with Crippen LogP contribution in [0, 0.1) is 23.3 Å². The standard InChI is InChI=1S/C27H44OSi2/c1-12-16-25(26(22(2)3)28-30(10,11)27(4,5)6)21-24(19-20-29(7,8)9)23-17-14-13-15-18-23/h12-15,17-18,21-22,25-26H,1,16H2,2-11H3/b24-21-/t25-,26+/m1/s1. The highest BCUT2D eigenvalue weighted by Gasteiger charge is 2.41. The van der Waals surface area contributed by atoms with Gasteiger partial charge in [0.1, 0.15) is 8.07 Å². The normalized spacial score (nSPS) is 15.4. The Morgan fingerprint density at radius 1 is 1.07 bits per heavy atom.